The molecule has 2 aliphatic carbocycles. The summed E-state index contributed by atoms with van der Waals surface area (Å²) in [6.07, 6.45) is 8.21. The third kappa shape index (κ3) is 4.70. The lowest BCUT2D eigenvalue weighted by Crippen LogP contribution is -2.44. The van der Waals surface area contributed by atoms with Crippen molar-refractivity contribution in [3.63, 3.8) is 0 Å². The highest BCUT2D eigenvalue weighted by molar-refractivity contribution is 5.80. The highest BCUT2D eigenvalue weighted by atomic mass is 16.2. The zero-order valence-electron chi connectivity index (χ0n) is 14.4. The monoisotopic (exact) mass is 319 g/mol. The molecule has 1 unspecified atom stereocenters. The SMILES string of the molecule is CC(CC#N)N(C)C(=O)C1CCC(NC(=O)C2CCCC2)CC1. The molecule has 2 aliphatic rings. The first-order valence-electron chi connectivity index (χ1n) is 8.97. The average Bonchev–Trinajstić information content (AvgIpc) is 3.09. The van der Waals surface area contributed by atoms with Crippen molar-refractivity contribution in [2.45, 2.75) is 76.8 Å². The molecule has 0 heterocycles. The van der Waals surface area contributed by atoms with E-state index in [1.165, 1.54) is 12.8 Å². The highest BCUT2D eigenvalue weighted by Crippen LogP contribution is 2.28. The maximum Gasteiger partial charge on any atom is 0.225 e. The number of hydrogen-bond donors (Lipinski definition) is 1. The number of nitrogens with zero attached hydrogens (tertiary/aromatic N) is 2. The van der Waals surface area contributed by atoms with Gasteiger partial charge in [0.15, 0.2) is 0 Å². The first-order chi connectivity index (χ1) is 11.0. The van der Waals surface area contributed by atoms with E-state index in [1.807, 2.05) is 6.92 Å². The third-order valence-corrected chi connectivity index (χ3v) is 5.54. The van der Waals surface area contributed by atoms with Gasteiger partial charge in [0.2, 0.25) is 11.8 Å². The molecule has 2 fully saturated rings. The summed E-state index contributed by atoms with van der Waals surface area (Å²) in [6, 6.07) is 2.32. The Balaban J connectivity index is 1.76. The summed E-state index contributed by atoms with van der Waals surface area (Å²) in [7, 11) is 1.79. The molecule has 0 aromatic rings. The summed E-state index contributed by atoms with van der Waals surface area (Å²) < 4.78 is 0. The zero-order chi connectivity index (χ0) is 16.8. The predicted molar refractivity (Wildman–Crippen MR) is 88.3 cm³/mol. The average molecular weight is 319 g/mol. The van der Waals surface area contributed by atoms with E-state index in [1.54, 1.807) is 11.9 Å². The number of nitrogens with one attached hydrogen (secondary N) is 1. The second-order valence-electron chi connectivity index (χ2n) is 7.20. The van der Waals surface area contributed by atoms with Crippen molar-refractivity contribution in [1.82, 2.24) is 10.2 Å². The van der Waals surface area contributed by atoms with Crippen LogP contribution < -0.4 is 5.32 Å². The Bertz CT molecular complexity index is 457. The summed E-state index contributed by atoms with van der Waals surface area (Å²) in [6.45, 7) is 1.91. The zero-order valence-corrected chi connectivity index (χ0v) is 14.4. The lowest BCUT2D eigenvalue weighted by molar-refractivity contribution is -0.137. The summed E-state index contributed by atoms with van der Waals surface area (Å²) in [5, 5.41) is 11.9. The Kier molecular flexibility index (Phi) is 6.44. The maximum absolute atomic E-state index is 12.5. The van der Waals surface area contributed by atoms with Crippen LogP contribution in [-0.4, -0.2) is 35.8 Å². The van der Waals surface area contributed by atoms with Crippen molar-refractivity contribution in [2.75, 3.05) is 7.05 Å². The molecule has 2 amide bonds. The first-order valence-corrected chi connectivity index (χ1v) is 8.97. The van der Waals surface area contributed by atoms with E-state index in [0.29, 0.717) is 6.42 Å². The van der Waals surface area contributed by atoms with E-state index >= 15 is 0 Å². The molecule has 5 heteroatoms. The van der Waals surface area contributed by atoms with Crippen molar-refractivity contribution >= 4 is 11.8 Å². The molecule has 0 aliphatic heterocycles. The first kappa shape index (κ1) is 17.8. The van der Waals surface area contributed by atoms with Crippen LogP contribution in [0.15, 0.2) is 0 Å². The maximum atomic E-state index is 12.5. The van der Waals surface area contributed by atoms with Gasteiger partial charge in [-0.25, -0.2) is 0 Å². The number of carbonyl (C=O) groups excluding carboxylic acids is 2. The molecule has 0 spiro atoms. The van der Waals surface area contributed by atoms with Crippen LogP contribution >= 0.6 is 0 Å². The van der Waals surface area contributed by atoms with Crippen LogP contribution in [0.3, 0.4) is 0 Å². The lowest BCUT2D eigenvalue weighted by atomic mass is 9.84. The molecule has 128 valence electrons. The van der Waals surface area contributed by atoms with Crippen LogP contribution in [0.4, 0.5) is 0 Å². The fourth-order valence-electron chi connectivity index (χ4n) is 3.77. The molecule has 1 atom stereocenters. The van der Waals surface area contributed by atoms with E-state index in [9.17, 15) is 9.59 Å². The van der Waals surface area contributed by atoms with Gasteiger partial charge in [-0.15, -0.1) is 0 Å². The Morgan fingerprint density at radius 3 is 2.30 bits per heavy atom. The van der Waals surface area contributed by atoms with Gasteiger partial charge in [0, 0.05) is 31.0 Å². The van der Waals surface area contributed by atoms with Gasteiger partial charge in [-0.3, -0.25) is 9.59 Å². The highest BCUT2D eigenvalue weighted by Gasteiger charge is 2.31. The standard InChI is InChI=1S/C18H29N3O2/c1-13(11-12-19)21(2)18(23)15-7-9-16(10-8-15)20-17(22)14-5-3-4-6-14/h13-16H,3-11H2,1-2H3,(H,20,22). The fraction of sp³-hybridized carbons (Fsp3) is 0.833. The Labute approximate surface area is 139 Å². The van der Waals surface area contributed by atoms with E-state index < -0.39 is 0 Å². The van der Waals surface area contributed by atoms with Crippen molar-refractivity contribution in [1.29, 1.82) is 5.26 Å². The summed E-state index contributed by atoms with van der Waals surface area (Å²) >= 11 is 0. The number of carbonyl (C=O) groups is 2. The molecule has 0 saturated heterocycles. The molecule has 0 radical (unpaired) electrons. The van der Waals surface area contributed by atoms with E-state index in [0.717, 1.165) is 38.5 Å². The summed E-state index contributed by atoms with van der Waals surface area (Å²) in [4.78, 5) is 26.4. The molecule has 0 bridgehead atoms. The van der Waals surface area contributed by atoms with Crippen LogP contribution in [0.2, 0.25) is 0 Å². The minimum absolute atomic E-state index is 0.0349. The molecule has 2 saturated carbocycles. The Morgan fingerprint density at radius 2 is 1.74 bits per heavy atom. The quantitative estimate of drug-likeness (QED) is 0.846. The molecule has 0 aromatic heterocycles. The van der Waals surface area contributed by atoms with Crippen LogP contribution in [0, 0.1) is 23.2 Å². The van der Waals surface area contributed by atoms with E-state index in [2.05, 4.69) is 11.4 Å². The normalized spacial score (nSPS) is 26.3. The van der Waals surface area contributed by atoms with E-state index in [4.69, 9.17) is 5.26 Å². The van der Waals surface area contributed by atoms with Crippen molar-refractivity contribution in [3.8, 4) is 6.07 Å². The van der Waals surface area contributed by atoms with Gasteiger partial charge < -0.3 is 10.2 Å². The second-order valence-corrected chi connectivity index (χ2v) is 7.20. The molecular weight excluding hydrogens is 290 g/mol. The largest absolute Gasteiger partial charge is 0.353 e. The second kappa shape index (κ2) is 8.33. The predicted octanol–water partition coefficient (Wildman–Crippen LogP) is 2.61. The van der Waals surface area contributed by atoms with Gasteiger partial charge in [0.05, 0.1) is 12.5 Å². The van der Waals surface area contributed by atoms with Gasteiger partial charge in [0.1, 0.15) is 0 Å². The lowest BCUT2D eigenvalue weighted by Gasteiger charge is -2.33. The number of nitriles is 1. The number of amides is 2. The molecule has 2 rings (SSSR count). The smallest absolute Gasteiger partial charge is 0.225 e. The Hall–Kier alpha value is -1.57. The molecule has 0 aromatic carbocycles. The molecular formula is C18H29N3O2. The van der Waals surface area contributed by atoms with Gasteiger partial charge in [-0.1, -0.05) is 12.8 Å². The summed E-state index contributed by atoms with van der Waals surface area (Å²) in [5.41, 5.74) is 0. The molecule has 5 nitrogen and oxygen atoms in total. The van der Waals surface area contributed by atoms with Crippen molar-refractivity contribution in [3.05, 3.63) is 0 Å². The van der Waals surface area contributed by atoms with Gasteiger partial charge in [0.25, 0.3) is 0 Å². The van der Waals surface area contributed by atoms with Crippen molar-refractivity contribution in [2.24, 2.45) is 11.8 Å². The number of rotatable bonds is 5. The topological polar surface area (TPSA) is 73.2 Å². The van der Waals surface area contributed by atoms with Crippen LogP contribution in [0.5, 0.6) is 0 Å². The minimum Gasteiger partial charge on any atom is -0.353 e. The van der Waals surface area contributed by atoms with Crippen LogP contribution in [0.1, 0.15) is 64.7 Å². The van der Waals surface area contributed by atoms with Crippen LogP contribution in [0.25, 0.3) is 0 Å². The van der Waals surface area contributed by atoms with Gasteiger partial charge >= 0.3 is 0 Å². The van der Waals surface area contributed by atoms with Gasteiger partial charge in [-0.2, -0.15) is 5.26 Å². The third-order valence-electron chi connectivity index (χ3n) is 5.54. The van der Waals surface area contributed by atoms with Crippen LogP contribution in [-0.2, 0) is 9.59 Å². The fourth-order valence-corrected chi connectivity index (χ4v) is 3.77. The Morgan fingerprint density at radius 1 is 1.13 bits per heavy atom. The van der Waals surface area contributed by atoms with Gasteiger partial charge in [-0.05, 0) is 45.4 Å². The number of hydrogen-bond acceptors (Lipinski definition) is 3. The minimum atomic E-state index is -0.0349. The van der Waals surface area contributed by atoms with E-state index in [-0.39, 0.29) is 35.7 Å². The molecule has 1 N–H and O–H groups in total. The molecule has 23 heavy (non-hydrogen) atoms. The summed E-state index contributed by atoms with van der Waals surface area (Å²) in [5.74, 6) is 0.624. The van der Waals surface area contributed by atoms with Crippen molar-refractivity contribution < 1.29 is 9.59 Å².